The van der Waals surface area contributed by atoms with Gasteiger partial charge in [0.15, 0.2) is 0 Å². The van der Waals surface area contributed by atoms with Crippen molar-refractivity contribution in [1.82, 2.24) is 0 Å². The van der Waals surface area contributed by atoms with Crippen LogP contribution >= 0.6 is 0 Å². The van der Waals surface area contributed by atoms with Gasteiger partial charge in [-0.1, -0.05) is 52.4 Å². The standard InChI is InChI=1S/C13H26O/c1-11(2)9-13(10-14)12-7-5-3-4-6-8-12/h11-14H,3-10H2,1-2H3. The highest BCUT2D eigenvalue weighted by molar-refractivity contribution is 4.73. The van der Waals surface area contributed by atoms with Gasteiger partial charge in [0.05, 0.1) is 0 Å². The maximum atomic E-state index is 9.42. The van der Waals surface area contributed by atoms with Crippen molar-refractivity contribution in [2.75, 3.05) is 6.61 Å². The molecule has 1 fully saturated rings. The lowest BCUT2D eigenvalue weighted by Crippen LogP contribution is -2.20. The SMILES string of the molecule is CC(C)CC(CO)C1CCCCCC1. The van der Waals surface area contributed by atoms with E-state index in [0.29, 0.717) is 12.5 Å². The van der Waals surface area contributed by atoms with Crippen molar-refractivity contribution in [1.29, 1.82) is 0 Å². The summed E-state index contributed by atoms with van der Waals surface area (Å²) in [6, 6.07) is 0. The van der Waals surface area contributed by atoms with E-state index in [9.17, 15) is 5.11 Å². The minimum Gasteiger partial charge on any atom is -0.396 e. The predicted molar refractivity (Wildman–Crippen MR) is 61.2 cm³/mol. The second-order valence-electron chi connectivity index (χ2n) is 5.32. The molecule has 0 aromatic rings. The molecule has 0 radical (unpaired) electrons. The molecule has 84 valence electrons. The summed E-state index contributed by atoms with van der Waals surface area (Å²) >= 11 is 0. The molecule has 14 heavy (non-hydrogen) atoms. The van der Waals surface area contributed by atoms with E-state index in [0.717, 1.165) is 11.8 Å². The van der Waals surface area contributed by atoms with E-state index in [1.807, 2.05) is 0 Å². The molecule has 0 spiro atoms. The molecule has 1 rings (SSSR count). The summed E-state index contributed by atoms with van der Waals surface area (Å²) in [6.45, 7) is 4.93. The smallest absolute Gasteiger partial charge is 0.0462 e. The molecule has 1 unspecified atom stereocenters. The first kappa shape index (κ1) is 12.0. The van der Waals surface area contributed by atoms with Crippen molar-refractivity contribution < 1.29 is 5.11 Å². The third kappa shape index (κ3) is 4.00. The topological polar surface area (TPSA) is 20.2 Å². The molecule has 0 aliphatic heterocycles. The molecule has 0 aromatic carbocycles. The highest BCUT2D eigenvalue weighted by Gasteiger charge is 2.22. The largest absolute Gasteiger partial charge is 0.396 e. The molecule has 1 N–H and O–H groups in total. The number of hydrogen-bond acceptors (Lipinski definition) is 1. The van der Waals surface area contributed by atoms with E-state index in [2.05, 4.69) is 13.8 Å². The summed E-state index contributed by atoms with van der Waals surface area (Å²) in [7, 11) is 0. The third-order valence-corrected chi connectivity index (χ3v) is 3.58. The molecule has 0 saturated heterocycles. The van der Waals surface area contributed by atoms with Crippen LogP contribution in [-0.4, -0.2) is 11.7 Å². The zero-order valence-electron chi connectivity index (χ0n) is 9.84. The van der Waals surface area contributed by atoms with Crippen LogP contribution in [0.2, 0.25) is 0 Å². The molecular formula is C13H26O. The Morgan fingerprint density at radius 2 is 1.64 bits per heavy atom. The molecular weight excluding hydrogens is 172 g/mol. The van der Waals surface area contributed by atoms with Crippen molar-refractivity contribution in [2.24, 2.45) is 17.8 Å². The van der Waals surface area contributed by atoms with E-state index >= 15 is 0 Å². The van der Waals surface area contributed by atoms with Crippen molar-refractivity contribution in [3.8, 4) is 0 Å². The lowest BCUT2D eigenvalue weighted by atomic mass is 9.81. The van der Waals surface area contributed by atoms with Crippen molar-refractivity contribution in [3.05, 3.63) is 0 Å². The van der Waals surface area contributed by atoms with Crippen LogP contribution in [0.5, 0.6) is 0 Å². The van der Waals surface area contributed by atoms with Gasteiger partial charge in [-0.3, -0.25) is 0 Å². The van der Waals surface area contributed by atoms with Crippen LogP contribution in [-0.2, 0) is 0 Å². The van der Waals surface area contributed by atoms with Crippen LogP contribution in [0.15, 0.2) is 0 Å². The van der Waals surface area contributed by atoms with Crippen molar-refractivity contribution in [3.63, 3.8) is 0 Å². The van der Waals surface area contributed by atoms with Gasteiger partial charge in [-0.15, -0.1) is 0 Å². The Bertz CT molecular complexity index is 134. The normalized spacial score (nSPS) is 22.3. The molecule has 0 amide bonds. The fourth-order valence-corrected chi connectivity index (χ4v) is 2.80. The zero-order chi connectivity index (χ0) is 10.4. The predicted octanol–water partition coefficient (Wildman–Crippen LogP) is 3.61. The van der Waals surface area contributed by atoms with Crippen LogP contribution in [0.3, 0.4) is 0 Å². The molecule has 0 bridgehead atoms. The van der Waals surface area contributed by atoms with Crippen LogP contribution in [0, 0.1) is 17.8 Å². The first-order valence-corrected chi connectivity index (χ1v) is 6.35. The first-order valence-electron chi connectivity index (χ1n) is 6.35. The Morgan fingerprint density at radius 3 is 2.07 bits per heavy atom. The summed E-state index contributed by atoms with van der Waals surface area (Å²) in [5.41, 5.74) is 0. The van der Waals surface area contributed by atoms with Gasteiger partial charge >= 0.3 is 0 Å². The van der Waals surface area contributed by atoms with E-state index in [1.54, 1.807) is 0 Å². The van der Waals surface area contributed by atoms with Crippen LogP contribution in [0.25, 0.3) is 0 Å². The third-order valence-electron chi connectivity index (χ3n) is 3.58. The molecule has 1 heteroatoms. The van der Waals surface area contributed by atoms with Gasteiger partial charge in [0.1, 0.15) is 0 Å². The summed E-state index contributed by atoms with van der Waals surface area (Å²) in [5, 5.41) is 9.42. The Balaban J connectivity index is 2.40. The zero-order valence-corrected chi connectivity index (χ0v) is 9.84. The van der Waals surface area contributed by atoms with E-state index < -0.39 is 0 Å². The number of hydrogen-bond donors (Lipinski definition) is 1. The van der Waals surface area contributed by atoms with Crippen LogP contribution < -0.4 is 0 Å². The summed E-state index contributed by atoms with van der Waals surface area (Å²) in [6.07, 6.45) is 9.53. The van der Waals surface area contributed by atoms with Crippen molar-refractivity contribution in [2.45, 2.75) is 58.8 Å². The molecule has 1 atom stereocenters. The lowest BCUT2D eigenvalue weighted by molar-refractivity contribution is 0.143. The highest BCUT2D eigenvalue weighted by Crippen LogP contribution is 2.32. The van der Waals surface area contributed by atoms with Crippen molar-refractivity contribution >= 4 is 0 Å². The molecule has 0 aromatic heterocycles. The Hall–Kier alpha value is -0.0400. The average molecular weight is 198 g/mol. The maximum Gasteiger partial charge on any atom is 0.0462 e. The van der Waals surface area contributed by atoms with Gasteiger partial charge in [0.2, 0.25) is 0 Å². The second kappa shape index (κ2) is 6.44. The molecule has 1 nitrogen and oxygen atoms in total. The van der Waals surface area contributed by atoms with E-state index in [4.69, 9.17) is 0 Å². The Labute approximate surface area is 88.9 Å². The summed E-state index contributed by atoms with van der Waals surface area (Å²) < 4.78 is 0. The minimum absolute atomic E-state index is 0.406. The quantitative estimate of drug-likeness (QED) is 0.684. The summed E-state index contributed by atoms with van der Waals surface area (Å²) in [4.78, 5) is 0. The number of rotatable bonds is 4. The van der Waals surface area contributed by atoms with Crippen LogP contribution in [0.1, 0.15) is 58.8 Å². The fraction of sp³-hybridized carbons (Fsp3) is 1.00. The maximum absolute atomic E-state index is 9.42. The Morgan fingerprint density at radius 1 is 1.07 bits per heavy atom. The Kier molecular flexibility index (Phi) is 5.54. The fourth-order valence-electron chi connectivity index (χ4n) is 2.80. The van der Waals surface area contributed by atoms with E-state index in [-0.39, 0.29) is 0 Å². The average Bonchev–Trinajstić information content (AvgIpc) is 2.41. The lowest BCUT2D eigenvalue weighted by Gasteiger charge is -2.25. The first-order chi connectivity index (χ1) is 6.74. The highest BCUT2D eigenvalue weighted by atomic mass is 16.3. The molecule has 0 heterocycles. The molecule has 1 aliphatic rings. The van der Waals surface area contributed by atoms with Gasteiger partial charge in [0.25, 0.3) is 0 Å². The number of aliphatic hydroxyl groups is 1. The molecule has 1 aliphatic carbocycles. The van der Waals surface area contributed by atoms with Gasteiger partial charge in [0, 0.05) is 6.61 Å². The van der Waals surface area contributed by atoms with Crippen LogP contribution in [0.4, 0.5) is 0 Å². The number of aliphatic hydroxyl groups excluding tert-OH is 1. The van der Waals surface area contributed by atoms with Gasteiger partial charge in [-0.05, 0) is 24.2 Å². The van der Waals surface area contributed by atoms with E-state index in [1.165, 1.54) is 44.9 Å². The summed E-state index contributed by atoms with van der Waals surface area (Å²) in [5.74, 6) is 2.12. The molecule has 1 saturated carbocycles. The monoisotopic (exact) mass is 198 g/mol. The van der Waals surface area contributed by atoms with Gasteiger partial charge in [-0.2, -0.15) is 0 Å². The minimum atomic E-state index is 0.406. The van der Waals surface area contributed by atoms with Gasteiger partial charge < -0.3 is 5.11 Å². The second-order valence-corrected chi connectivity index (χ2v) is 5.32. The van der Waals surface area contributed by atoms with Gasteiger partial charge in [-0.25, -0.2) is 0 Å².